The molecule has 1 aliphatic heterocycles. The van der Waals surface area contributed by atoms with E-state index in [1.54, 1.807) is 19.1 Å². The average Bonchev–Trinajstić information content (AvgIpc) is 3.47. The summed E-state index contributed by atoms with van der Waals surface area (Å²) in [6.45, 7) is 5.93. The third-order valence-corrected chi connectivity index (χ3v) is 7.35. The van der Waals surface area contributed by atoms with Gasteiger partial charge in [-0.05, 0) is 67.3 Å². The highest BCUT2D eigenvalue weighted by Crippen LogP contribution is 2.41. The summed E-state index contributed by atoms with van der Waals surface area (Å²) < 4.78 is 5.67. The van der Waals surface area contributed by atoms with Gasteiger partial charge in [0.15, 0.2) is 0 Å². The molecular formula is C30H30N4O3S. The second kappa shape index (κ2) is 12.3. The van der Waals surface area contributed by atoms with E-state index in [1.165, 1.54) is 29.2 Å². The maximum absolute atomic E-state index is 13.5. The molecule has 7 nitrogen and oxygen atoms in total. The van der Waals surface area contributed by atoms with Crippen LogP contribution in [0.1, 0.15) is 43.6 Å². The number of amides is 2. The Kier molecular flexibility index (Phi) is 8.72. The van der Waals surface area contributed by atoms with Crippen LogP contribution in [-0.2, 0) is 22.4 Å². The third-order valence-electron chi connectivity index (χ3n) is 6.33. The van der Waals surface area contributed by atoms with E-state index in [1.807, 2.05) is 48.5 Å². The van der Waals surface area contributed by atoms with Gasteiger partial charge in [0, 0.05) is 17.1 Å². The Balaban J connectivity index is 1.54. The summed E-state index contributed by atoms with van der Waals surface area (Å²) in [5.41, 5.74) is 5.04. The van der Waals surface area contributed by atoms with Gasteiger partial charge in [-0.2, -0.15) is 5.26 Å². The Morgan fingerprint density at radius 1 is 0.974 bits per heavy atom. The summed E-state index contributed by atoms with van der Waals surface area (Å²) in [4.78, 5) is 26.1. The van der Waals surface area contributed by atoms with Crippen molar-refractivity contribution in [3.63, 3.8) is 0 Å². The lowest BCUT2D eigenvalue weighted by Gasteiger charge is -2.28. The summed E-state index contributed by atoms with van der Waals surface area (Å²) in [6, 6.07) is 21.1. The molecule has 4 rings (SSSR count). The van der Waals surface area contributed by atoms with E-state index in [4.69, 9.17) is 4.42 Å². The van der Waals surface area contributed by atoms with Crippen LogP contribution in [0.3, 0.4) is 0 Å². The zero-order chi connectivity index (χ0) is 27.1. The Hall–Kier alpha value is -4.22. The number of aryl methyl sites for hydroxylation is 2. The lowest BCUT2D eigenvalue weighted by Crippen LogP contribution is -2.31. The van der Waals surface area contributed by atoms with Crippen molar-refractivity contribution in [3.8, 4) is 6.07 Å². The van der Waals surface area contributed by atoms with E-state index in [2.05, 4.69) is 35.9 Å². The fourth-order valence-corrected chi connectivity index (χ4v) is 5.14. The molecular weight excluding hydrogens is 496 g/mol. The molecule has 1 aliphatic rings. The molecule has 1 aromatic heterocycles. The van der Waals surface area contributed by atoms with E-state index in [9.17, 15) is 14.9 Å². The van der Waals surface area contributed by atoms with Crippen molar-refractivity contribution in [3.05, 3.63) is 106 Å². The van der Waals surface area contributed by atoms with Crippen LogP contribution < -0.4 is 16.0 Å². The second-order valence-electron chi connectivity index (χ2n) is 8.86. The van der Waals surface area contributed by atoms with Crippen LogP contribution in [0.2, 0.25) is 0 Å². The molecule has 0 aliphatic carbocycles. The number of allylic oxidation sites excluding steroid dienone is 2. The lowest BCUT2D eigenvalue weighted by atomic mass is 9.85. The number of thioether (sulfide) groups is 1. The molecule has 2 amide bonds. The quantitative estimate of drug-likeness (QED) is 0.311. The van der Waals surface area contributed by atoms with E-state index in [-0.39, 0.29) is 17.6 Å². The molecule has 0 bridgehead atoms. The van der Waals surface area contributed by atoms with Crippen LogP contribution in [0.25, 0.3) is 0 Å². The monoisotopic (exact) mass is 526 g/mol. The van der Waals surface area contributed by atoms with Crippen LogP contribution >= 0.6 is 11.8 Å². The van der Waals surface area contributed by atoms with Crippen LogP contribution in [0.4, 0.5) is 11.4 Å². The number of benzene rings is 2. The topological polar surface area (TPSA) is 107 Å². The predicted octanol–water partition coefficient (Wildman–Crippen LogP) is 6.11. The van der Waals surface area contributed by atoms with Crippen molar-refractivity contribution < 1.29 is 14.0 Å². The molecule has 1 atom stereocenters. The van der Waals surface area contributed by atoms with Gasteiger partial charge in [0.1, 0.15) is 5.76 Å². The fraction of sp³-hybridized carbons (Fsp3) is 0.233. The van der Waals surface area contributed by atoms with Gasteiger partial charge in [-0.25, -0.2) is 0 Å². The Morgan fingerprint density at radius 3 is 2.11 bits per heavy atom. The van der Waals surface area contributed by atoms with Crippen molar-refractivity contribution in [1.82, 2.24) is 5.32 Å². The minimum Gasteiger partial charge on any atom is -0.468 e. The SMILES string of the molecule is CCc1ccc(NC(=O)CSC2=C(C#N)[C@H](c3ccco3)C(C(=O)Nc3ccc(CC)cc3)=C(C)N2)cc1. The van der Waals surface area contributed by atoms with E-state index >= 15 is 0 Å². The predicted molar refractivity (Wildman–Crippen MR) is 151 cm³/mol. The maximum atomic E-state index is 13.5. The van der Waals surface area contributed by atoms with Crippen molar-refractivity contribution in [2.24, 2.45) is 0 Å². The first-order valence-electron chi connectivity index (χ1n) is 12.5. The van der Waals surface area contributed by atoms with Crippen molar-refractivity contribution in [1.29, 1.82) is 5.26 Å². The number of dihydropyridines is 1. The number of hydrogen-bond acceptors (Lipinski definition) is 6. The number of rotatable bonds is 9. The van der Waals surface area contributed by atoms with E-state index in [0.717, 1.165) is 12.8 Å². The fourth-order valence-electron chi connectivity index (χ4n) is 4.25. The number of carbonyl (C=O) groups excluding carboxylic acids is 2. The standard InChI is InChI=1S/C30H30N4O3S/c1-4-20-8-12-22(13-9-20)33-26(35)18-38-30-24(17-31)28(25-7-6-16-37-25)27(19(3)32-30)29(36)34-23-14-10-21(5-2)11-15-23/h6-16,28,32H,4-5,18H2,1-3H3,(H,33,35)(H,34,36)/t28-/m1/s1. The molecule has 3 N–H and O–H groups in total. The second-order valence-corrected chi connectivity index (χ2v) is 9.84. The highest BCUT2D eigenvalue weighted by molar-refractivity contribution is 8.03. The molecule has 0 saturated heterocycles. The molecule has 3 aromatic rings. The van der Waals surface area contributed by atoms with Gasteiger partial charge in [0.25, 0.3) is 5.91 Å². The van der Waals surface area contributed by atoms with E-state index in [0.29, 0.717) is 39.0 Å². The van der Waals surface area contributed by atoms with Crippen LogP contribution in [0.5, 0.6) is 0 Å². The Morgan fingerprint density at radius 2 is 1.58 bits per heavy atom. The van der Waals surface area contributed by atoms with Crippen LogP contribution in [0.15, 0.2) is 93.2 Å². The molecule has 8 heteroatoms. The van der Waals surface area contributed by atoms with Gasteiger partial charge in [0.05, 0.1) is 40.2 Å². The molecule has 0 radical (unpaired) electrons. The smallest absolute Gasteiger partial charge is 0.254 e. The first-order valence-corrected chi connectivity index (χ1v) is 13.5. The summed E-state index contributed by atoms with van der Waals surface area (Å²) >= 11 is 1.22. The molecule has 0 fully saturated rings. The number of nitrogens with one attached hydrogen (secondary N) is 3. The zero-order valence-electron chi connectivity index (χ0n) is 21.6. The van der Waals surface area contributed by atoms with Gasteiger partial charge in [-0.3, -0.25) is 9.59 Å². The minimum absolute atomic E-state index is 0.0898. The van der Waals surface area contributed by atoms with Gasteiger partial charge in [-0.15, -0.1) is 0 Å². The first kappa shape index (κ1) is 26.8. The maximum Gasteiger partial charge on any atom is 0.254 e. The summed E-state index contributed by atoms with van der Waals surface area (Å²) in [5.74, 6) is -0.662. The van der Waals surface area contributed by atoms with Gasteiger partial charge in [0.2, 0.25) is 5.91 Å². The summed E-state index contributed by atoms with van der Waals surface area (Å²) in [6.07, 6.45) is 3.35. The zero-order valence-corrected chi connectivity index (χ0v) is 22.4. The number of nitrogens with zero attached hydrogens (tertiary/aromatic N) is 1. The Labute approximate surface area is 227 Å². The molecule has 194 valence electrons. The molecule has 0 unspecified atom stereocenters. The molecule has 0 spiro atoms. The van der Waals surface area contributed by atoms with Crippen molar-refractivity contribution in [2.45, 2.75) is 39.5 Å². The van der Waals surface area contributed by atoms with Gasteiger partial charge < -0.3 is 20.4 Å². The van der Waals surface area contributed by atoms with Crippen molar-refractivity contribution in [2.75, 3.05) is 16.4 Å². The largest absolute Gasteiger partial charge is 0.468 e. The van der Waals surface area contributed by atoms with Crippen LogP contribution in [-0.4, -0.2) is 17.6 Å². The van der Waals surface area contributed by atoms with E-state index < -0.39 is 5.92 Å². The van der Waals surface area contributed by atoms with Crippen molar-refractivity contribution >= 4 is 35.0 Å². The normalized spacial score (nSPS) is 15.1. The average molecular weight is 527 g/mol. The molecule has 0 saturated carbocycles. The highest BCUT2D eigenvalue weighted by Gasteiger charge is 2.36. The van der Waals surface area contributed by atoms with Crippen LogP contribution in [0, 0.1) is 11.3 Å². The summed E-state index contributed by atoms with van der Waals surface area (Å²) in [7, 11) is 0. The Bertz CT molecular complexity index is 1400. The molecule has 2 heterocycles. The highest BCUT2D eigenvalue weighted by atomic mass is 32.2. The molecule has 2 aromatic carbocycles. The third kappa shape index (κ3) is 6.18. The molecule has 38 heavy (non-hydrogen) atoms. The van der Waals surface area contributed by atoms with Gasteiger partial charge >= 0.3 is 0 Å². The lowest BCUT2D eigenvalue weighted by molar-refractivity contribution is -0.114. The summed E-state index contributed by atoms with van der Waals surface area (Å²) in [5, 5.41) is 19.7. The number of carbonyl (C=O) groups is 2. The number of nitriles is 1. The number of anilines is 2. The van der Waals surface area contributed by atoms with Gasteiger partial charge in [-0.1, -0.05) is 49.9 Å². The first-order chi connectivity index (χ1) is 18.4. The number of hydrogen-bond donors (Lipinski definition) is 3. The minimum atomic E-state index is -0.710. The number of furan rings is 1.